The summed E-state index contributed by atoms with van der Waals surface area (Å²) in [4.78, 5) is 22.6. The van der Waals surface area contributed by atoms with Crippen molar-refractivity contribution in [1.29, 1.82) is 0 Å². The molecular weight excluding hydrogens is 209 g/mol. The van der Waals surface area contributed by atoms with E-state index >= 15 is 0 Å². The first kappa shape index (κ1) is 7.98. The number of halogens is 1. The first-order valence-electron chi connectivity index (χ1n) is 5.16. The third kappa shape index (κ3) is 1.01. The summed E-state index contributed by atoms with van der Waals surface area (Å²) in [6.45, 7) is 0. The van der Waals surface area contributed by atoms with Crippen molar-refractivity contribution in [1.82, 2.24) is 0 Å². The van der Waals surface area contributed by atoms with E-state index in [1.54, 1.807) is 0 Å². The van der Waals surface area contributed by atoms with Crippen molar-refractivity contribution in [2.24, 2.45) is 0 Å². The van der Waals surface area contributed by atoms with Gasteiger partial charge in [0.2, 0.25) is 0 Å². The van der Waals surface area contributed by atoms with E-state index in [4.69, 9.17) is 1.37 Å². The maximum absolute atomic E-state index is 13.6. The summed E-state index contributed by atoms with van der Waals surface area (Å²) in [5.74, 6) is -0.886. The monoisotopic (exact) mass is 216 g/mol. The quantitative estimate of drug-likeness (QED) is 0.744. The van der Waals surface area contributed by atoms with E-state index in [1.807, 2.05) is 0 Å². The molecule has 16 heavy (non-hydrogen) atoms. The van der Waals surface area contributed by atoms with Crippen LogP contribution in [0.3, 0.4) is 0 Å². The third-order valence-corrected chi connectivity index (χ3v) is 2.67. The van der Waals surface area contributed by atoms with Gasteiger partial charge in [-0.05, 0) is 24.3 Å². The molecule has 0 unspecified atom stereocenters. The second-order valence-corrected chi connectivity index (χ2v) is 3.60. The van der Waals surface area contributed by atoms with Crippen molar-refractivity contribution in [2.45, 2.75) is 0 Å². The van der Waals surface area contributed by atoms with Crippen LogP contribution in [0.1, 0.15) is 22.1 Å². The summed E-state index contributed by atoms with van der Waals surface area (Å²) in [5.41, 5.74) is 0.790. The van der Waals surface area contributed by atoms with Crippen LogP contribution in [0.4, 0.5) is 10.1 Å². The van der Waals surface area contributed by atoms with Crippen molar-refractivity contribution < 1.29 is 15.4 Å². The van der Waals surface area contributed by atoms with Gasteiger partial charge in [0.05, 0.1) is 5.56 Å². The van der Waals surface area contributed by atoms with Crippen LogP contribution in [0.2, 0.25) is 0 Å². The summed E-state index contributed by atoms with van der Waals surface area (Å²) < 4.78 is 20.7. The standard InChI is InChI=1S/C12H6FNO2/c13-9-1-2-10-11-7(9)3-6(5-15)4-8(11)12(16)14-10/h1-5H,(H,14,16)/i5D. The Bertz CT molecular complexity index is 696. The van der Waals surface area contributed by atoms with Crippen molar-refractivity contribution in [3.8, 4) is 0 Å². The van der Waals surface area contributed by atoms with E-state index in [9.17, 15) is 14.0 Å². The predicted molar refractivity (Wildman–Crippen MR) is 57.2 cm³/mol. The Labute approximate surface area is 91.3 Å². The molecule has 0 bridgehead atoms. The molecule has 0 saturated carbocycles. The Hall–Kier alpha value is -2.23. The summed E-state index contributed by atoms with van der Waals surface area (Å²) in [7, 11) is 0. The highest BCUT2D eigenvalue weighted by Crippen LogP contribution is 2.35. The van der Waals surface area contributed by atoms with Crippen LogP contribution >= 0.6 is 0 Å². The minimum atomic E-state index is -0.937. The van der Waals surface area contributed by atoms with E-state index < -0.39 is 12.1 Å². The smallest absolute Gasteiger partial charge is 0.256 e. The van der Waals surface area contributed by atoms with E-state index in [2.05, 4.69) is 5.32 Å². The average molecular weight is 216 g/mol. The van der Waals surface area contributed by atoms with Crippen molar-refractivity contribution >= 4 is 28.6 Å². The fourth-order valence-electron chi connectivity index (χ4n) is 1.98. The fraction of sp³-hybridized carbons (Fsp3) is 0. The lowest BCUT2D eigenvalue weighted by molar-refractivity contribution is 0.103. The second kappa shape index (κ2) is 2.88. The van der Waals surface area contributed by atoms with Crippen molar-refractivity contribution in [3.63, 3.8) is 0 Å². The molecule has 1 aliphatic heterocycles. The molecule has 0 aromatic heterocycles. The highest BCUT2D eigenvalue weighted by molar-refractivity contribution is 6.24. The number of carbonyl (C=O) groups excluding carboxylic acids is 2. The van der Waals surface area contributed by atoms with Crippen LogP contribution in [0, 0.1) is 5.82 Å². The SMILES string of the molecule is [2H]C(=O)c1cc2c3c(ccc(F)c3c1)NC2=O. The van der Waals surface area contributed by atoms with Gasteiger partial charge in [-0.2, -0.15) is 0 Å². The minimum Gasteiger partial charge on any atom is -0.321 e. The van der Waals surface area contributed by atoms with Crippen LogP contribution in [-0.2, 0) is 0 Å². The molecule has 1 N–H and O–H groups in total. The molecule has 2 aromatic carbocycles. The van der Waals surface area contributed by atoms with Crippen molar-refractivity contribution in [2.75, 3.05) is 5.32 Å². The van der Waals surface area contributed by atoms with Gasteiger partial charge in [-0.1, -0.05) is 0 Å². The Morgan fingerprint density at radius 1 is 1.38 bits per heavy atom. The van der Waals surface area contributed by atoms with Crippen LogP contribution in [0.25, 0.3) is 10.8 Å². The molecule has 1 heterocycles. The van der Waals surface area contributed by atoms with E-state index in [-0.39, 0.29) is 22.4 Å². The summed E-state index contributed by atoms with van der Waals surface area (Å²) in [5, 5.41) is 3.25. The van der Waals surface area contributed by atoms with Gasteiger partial charge < -0.3 is 5.32 Å². The number of benzene rings is 2. The summed E-state index contributed by atoms with van der Waals surface area (Å²) in [6.07, 6.45) is -0.937. The minimum absolute atomic E-state index is 0.0144. The lowest BCUT2D eigenvalue weighted by Crippen LogP contribution is -2.04. The van der Waals surface area contributed by atoms with Crippen LogP contribution in [-0.4, -0.2) is 12.2 Å². The maximum Gasteiger partial charge on any atom is 0.256 e. The number of anilines is 1. The molecule has 0 saturated heterocycles. The van der Waals surface area contributed by atoms with Gasteiger partial charge >= 0.3 is 0 Å². The maximum atomic E-state index is 13.6. The topological polar surface area (TPSA) is 46.2 Å². The number of nitrogens with one attached hydrogen (secondary N) is 1. The molecule has 3 rings (SSSR count). The first-order valence-corrected chi connectivity index (χ1v) is 4.66. The largest absolute Gasteiger partial charge is 0.321 e. The Morgan fingerprint density at radius 3 is 2.94 bits per heavy atom. The summed E-state index contributed by atoms with van der Waals surface area (Å²) >= 11 is 0. The van der Waals surface area contributed by atoms with Gasteiger partial charge in [0, 0.05) is 22.0 Å². The highest BCUT2D eigenvalue weighted by Gasteiger charge is 2.23. The zero-order valence-electron chi connectivity index (χ0n) is 9.00. The number of hydrogen-bond donors (Lipinski definition) is 1. The first-order chi connectivity index (χ1) is 8.08. The number of hydrogen-bond acceptors (Lipinski definition) is 2. The third-order valence-electron chi connectivity index (χ3n) is 2.67. The lowest BCUT2D eigenvalue weighted by atomic mass is 10.0. The van der Waals surface area contributed by atoms with Gasteiger partial charge in [-0.25, -0.2) is 4.39 Å². The fourth-order valence-corrected chi connectivity index (χ4v) is 1.98. The number of amides is 1. The molecule has 1 aliphatic rings. The molecule has 0 spiro atoms. The zero-order chi connectivity index (χ0) is 12.2. The molecule has 78 valence electrons. The van der Waals surface area contributed by atoms with E-state index in [1.165, 1.54) is 24.3 Å². The molecule has 4 heteroatoms. The summed E-state index contributed by atoms with van der Waals surface area (Å²) in [6, 6.07) is 5.33. The van der Waals surface area contributed by atoms with Gasteiger partial charge in [-0.15, -0.1) is 0 Å². The van der Waals surface area contributed by atoms with E-state index in [0.717, 1.165) is 0 Å². The number of aldehydes is 1. The van der Waals surface area contributed by atoms with Gasteiger partial charge in [-0.3, -0.25) is 9.59 Å². The van der Waals surface area contributed by atoms with Crippen LogP contribution in [0.15, 0.2) is 24.3 Å². The van der Waals surface area contributed by atoms with Gasteiger partial charge in [0.25, 0.3) is 5.91 Å². The molecule has 3 nitrogen and oxygen atoms in total. The molecular formula is C12H6FNO2. The Kier molecular flexibility index (Phi) is 1.44. The molecule has 0 radical (unpaired) electrons. The molecule has 0 fully saturated rings. The van der Waals surface area contributed by atoms with Gasteiger partial charge in [0.1, 0.15) is 13.5 Å². The van der Waals surface area contributed by atoms with Crippen molar-refractivity contribution in [3.05, 3.63) is 41.2 Å². The Balaban J connectivity index is 2.50. The molecule has 0 atom stereocenters. The second-order valence-electron chi connectivity index (χ2n) is 3.60. The highest BCUT2D eigenvalue weighted by atomic mass is 19.1. The normalized spacial score (nSPS) is 13.8. The zero-order valence-corrected chi connectivity index (χ0v) is 8.00. The molecule has 2 aromatic rings. The Morgan fingerprint density at radius 2 is 2.19 bits per heavy atom. The van der Waals surface area contributed by atoms with Gasteiger partial charge in [0.15, 0.2) is 0 Å². The lowest BCUT2D eigenvalue weighted by Gasteiger charge is -2.02. The molecule has 0 aliphatic carbocycles. The molecule has 1 amide bonds. The van der Waals surface area contributed by atoms with E-state index in [0.29, 0.717) is 11.1 Å². The number of rotatable bonds is 1. The number of carbonyl (C=O) groups is 2. The van der Waals surface area contributed by atoms with Crippen LogP contribution < -0.4 is 5.32 Å². The average Bonchev–Trinajstić information content (AvgIpc) is 2.62. The van der Waals surface area contributed by atoms with Crippen LogP contribution in [0.5, 0.6) is 0 Å². The predicted octanol–water partition coefficient (Wildman–Crippen LogP) is 2.36.